The molecule has 5 nitrogen and oxygen atoms in total. The Kier molecular flexibility index (Phi) is 5.58. The van der Waals surface area contributed by atoms with E-state index in [9.17, 15) is 9.59 Å². The molecular formula is C19H22N2O3. The zero-order valence-electron chi connectivity index (χ0n) is 14.2. The number of nitrogens with zero attached hydrogens (tertiary/aromatic N) is 1. The molecule has 0 radical (unpaired) electrons. The Morgan fingerprint density at radius 2 is 1.75 bits per heavy atom. The number of benzene rings is 2. The van der Waals surface area contributed by atoms with E-state index in [0.717, 1.165) is 11.3 Å². The first-order chi connectivity index (χ1) is 11.4. The molecule has 0 aromatic heterocycles. The molecule has 5 heteroatoms. The molecule has 2 rings (SSSR count). The number of hydrogen-bond donors (Lipinski definition) is 1. The van der Waals surface area contributed by atoms with Gasteiger partial charge < -0.3 is 15.4 Å². The van der Waals surface area contributed by atoms with Gasteiger partial charge >= 0.3 is 0 Å². The highest BCUT2D eigenvalue weighted by Crippen LogP contribution is 2.19. The fraction of sp³-hybridized carbons (Fsp3) is 0.263. The lowest BCUT2D eigenvalue weighted by Crippen LogP contribution is -2.27. The van der Waals surface area contributed by atoms with Gasteiger partial charge in [0, 0.05) is 18.3 Å². The first-order valence-electron chi connectivity index (χ1n) is 7.75. The lowest BCUT2D eigenvalue weighted by Gasteiger charge is -2.18. The highest BCUT2D eigenvalue weighted by Gasteiger charge is 2.12. The largest absolute Gasteiger partial charge is 0.493 e. The van der Waals surface area contributed by atoms with E-state index < -0.39 is 5.91 Å². The van der Waals surface area contributed by atoms with Crippen LogP contribution in [0.5, 0.6) is 5.75 Å². The molecule has 0 saturated carbocycles. The average Bonchev–Trinajstić information content (AvgIpc) is 2.56. The van der Waals surface area contributed by atoms with Crippen molar-refractivity contribution >= 4 is 17.5 Å². The number of ether oxygens (including phenoxy) is 1. The van der Waals surface area contributed by atoms with Crippen molar-refractivity contribution in [3.63, 3.8) is 0 Å². The maximum absolute atomic E-state index is 12.2. The SMILES string of the molecule is Cc1ccc(OCCC(=O)N(C)c2ccc(C(N)=O)cc2)c(C)c1. The number of carbonyl (C=O) groups excluding carboxylic acids is 2. The van der Waals surface area contributed by atoms with E-state index in [4.69, 9.17) is 10.5 Å². The minimum absolute atomic E-state index is 0.0633. The van der Waals surface area contributed by atoms with E-state index in [1.54, 1.807) is 31.3 Å². The molecule has 24 heavy (non-hydrogen) atoms. The molecule has 0 bridgehead atoms. The van der Waals surface area contributed by atoms with Crippen LogP contribution in [0.25, 0.3) is 0 Å². The summed E-state index contributed by atoms with van der Waals surface area (Å²) < 4.78 is 5.69. The predicted molar refractivity (Wildman–Crippen MR) is 94.4 cm³/mol. The van der Waals surface area contributed by atoms with Gasteiger partial charge in [-0.25, -0.2) is 0 Å². The van der Waals surface area contributed by atoms with E-state index >= 15 is 0 Å². The summed E-state index contributed by atoms with van der Waals surface area (Å²) in [5.41, 5.74) is 8.56. The van der Waals surface area contributed by atoms with Crippen LogP contribution >= 0.6 is 0 Å². The van der Waals surface area contributed by atoms with Crippen LogP contribution in [0.4, 0.5) is 5.69 Å². The van der Waals surface area contributed by atoms with Crippen LogP contribution in [0.3, 0.4) is 0 Å². The van der Waals surface area contributed by atoms with E-state index in [1.165, 1.54) is 10.5 Å². The maximum atomic E-state index is 12.2. The number of hydrogen-bond acceptors (Lipinski definition) is 3. The lowest BCUT2D eigenvalue weighted by molar-refractivity contribution is -0.118. The van der Waals surface area contributed by atoms with E-state index in [1.807, 2.05) is 32.0 Å². The number of nitrogens with two attached hydrogens (primary N) is 1. The van der Waals surface area contributed by atoms with E-state index in [0.29, 0.717) is 17.9 Å². The Morgan fingerprint density at radius 1 is 1.08 bits per heavy atom. The van der Waals surface area contributed by atoms with Gasteiger partial charge in [-0.15, -0.1) is 0 Å². The van der Waals surface area contributed by atoms with Gasteiger partial charge in [0.25, 0.3) is 0 Å². The Morgan fingerprint density at radius 3 is 2.33 bits per heavy atom. The van der Waals surface area contributed by atoms with Gasteiger partial charge in [0.15, 0.2) is 0 Å². The van der Waals surface area contributed by atoms with E-state index in [2.05, 4.69) is 0 Å². The molecule has 0 aliphatic rings. The Balaban J connectivity index is 1.90. The quantitative estimate of drug-likeness (QED) is 0.887. The van der Waals surface area contributed by atoms with Crippen LogP contribution in [0.15, 0.2) is 42.5 Å². The van der Waals surface area contributed by atoms with Crippen LogP contribution in [-0.2, 0) is 4.79 Å². The van der Waals surface area contributed by atoms with Gasteiger partial charge in [-0.05, 0) is 49.7 Å². The highest BCUT2D eigenvalue weighted by atomic mass is 16.5. The fourth-order valence-corrected chi connectivity index (χ4v) is 2.37. The molecule has 2 aromatic rings. The average molecular weight is 326 g/mol. The van der Waals surface area contributed by atoms with Crippen LogP contribution in [0, 0.1) is 13.8 Å². The van der Waals surface area contributed by atoms with Crippen molar-refractivity contribution in [3.8, 4) is 5.75 Å². The van der Waals surface area contributed by atoms with Crippen LogP contribution in [0.1, 0.15) is 27.9 Å². The second-order valence-corrected chi connectivity index (χ2v) is 5.73. The molecule has 2 N–H and O–H groups in total. The summed E-state index contributed by atoms with van der Waals surface area (Å²) in [7, 11) is 1.69. The standard InChI is InChI=1S/C19H22N2O3/c1-13-4-9-17(14(2)12-13)24-11-10-18(22)21(3)16-7-5-15(6-8-16)19(20)23/h4-9,12H,10-11H2,1-3H3,(H2,20,23). The van der Waals surface area contributed by atoms with Crippen molar-refractivity contribution in [2.75, 3.05) is 18.6 Å². The number of amides is 2. The molecular weight excluding hydrogens is 304 g/mol. The summed E-state index contributed by atoms with van der Waals surface area (Å²) in [6.45, 7) is 4.32. The summed E-state index contributed by atoms with van der Waals surface area (Å²) in [6, 6.07) is 12.6. The highest BCUT2D eigenvalue weighted by molar-refractivity contribution is 5.95. The van der Waals surface area contributed by atoms with Gasteiger partial charge in [0.05, 0.1) is 13.0 Å². The first kappa shape index (κ1) is 17.5. The molecule has 0 aliphatic carbocycles. The molecule has 0 unspecified atom stereocenters. The number of carbonyl (C=O) groups is 2. The number of primary amides is 1. The van der Waals surface area contributed by atoms with Crippen molar-refractivity contribution in [2.45, 2.75) is 20.3 Å². The summed E-state index contributed by atoms with van der Waals surface area (Å²) in [5, 5.41) is 0. The zero-order chi connectivity index (χ0) is 17.7. The van der Waals surface area contributed by atoms with Crippen LogP contribution in [-0.4, -0.2) is 25.5 Å². The number of aryl methyl sites for hydroxylation is 2. The Labute approximate surface area is 142 Å². The molecule has 2 amide bonds. The molecule has 0 heterocycles. The van der Waals surface area contributed by atoms with Crippen molar-refractivity contribution in [2.24, 2.45) is 5.73 Å². The molecule has 126 valence electrons. The van der Waals surface area contributed by atoms with Crippen molar-refractivity contribution < 1.29 is 14.3 Å². The third kappa shape index (κ3) is 4.35. The molecule has 0 aliphatic heterocycles. The maximum Gasteiger partial charge on any atom is 0.248 e. The summed E-state index contributed by atoms with van der Waals surface area (Å²) in [4.78, 5) is 24.8. The topological polar surface area (TPSA) is 72.6 Å². The Hall–Kier alpha value is -2.82. The van der Waals surface area contributed by atoms with Crippen molar-refractivity contribution in [3.05, 3.63) is 59.2 Å². The van der Waals surface area contributed by atoms with Crippen LogP contribution < -0.4 is 15.4 Å². The monoisotopic (exact) mass is 326 g/mol. The third-order valence-electron chi connectivity index (χ3n) is 3.82. The lowest BCUT2D eigenvalue weighted by atomic mass is 10.1. The normalized spacial score (nSPS) is 10.3. The van der Waals surface area contributed by atoms with Crippen LogP contribution in [0.2, 0.25) is 0 Å². The van der Waals surface area contributed by atoms with Gasteiger partial charge in [-0.2, -0.15) is 0 Å². The van der Waals surface area contributed by atoms with E-state index in [-0.39, 0.29) is 12.3 Å². The number of rotatable bonds is 6. The third-order valence-corrected chi connectivity index (χ3v) is 3.82. The number of anilines is 1. The minimum Gasteiger partial charge on any atom is -0.493 e. The second-order valence-electron chi connectivity index (χ2n) is 5.73. The summed E-state index contributed by atoms with van der Waals surface area (Å²) in [5.74, 6) is 0.242. The van der Waals surface area contributed by atoms with Gasteiger partial charge in [0.2, 0.25) is 11.8 Å². The molecule has 0 atom stereocenters. The van der Waals surface area contributed by atoms with Gasteiger partial charge in [0.1, 0.15) is 5.75 Å². The summed E-state index contributed by atoms with van der Waals surface area (Å²) in [6.07, 6.45) is 0.265. The first-order valence-corrected chi connectivity index (χ1v) is 7.75. The smallest absolute Gasteiger partial charge is 0.248 e. The van der Waals surface area contributed by atoms with Gasteiger partial charge in [-0.1, -0.05) is 17.7 Å². The minimum atomic E-state index is -0.489. The van der Waals surface area contributed by atoms with Crippen molar-refractivity contribution in [1.82, 2.24) is 0 Å². The van der Waals surface area contributed by atoms with Gasteiger partial charge in [-0.3, -0.25) is 9.59 Å². The molecule has 0 saturated heterocycles. The molecule has 2 aromatic carbocycles. The zero-order valence-corrected chi connectivity index (χ0v) is 14.2. The second kappa shape index (κ2) is 7.64. The van der Waals surface area contributed by atoms with Crippen molar-refractivity contribution in [1.29, 1.82) is 0 Å². The predicted octanol–water partition coefficient (Wildman–Crippen LogP) is 2.83. The molecule has 0 fully saturated rings. The fourth-order valence-electron chi connectivity index (χ4n) is 2.37. The molecule has 0 spiro atoms. The Bertz CT molecular complexity index is 739. The summed E-state index contributed by atoms with van der Waals surface area (Å²) >= 11 is 0.